The van der Waals surface area contributed by atoms with Crippen molar-refractivity contribution >= 4 is 15.9 Å². The highest BCUT2D eigenvalue weighted by molar-refractivity contribution is 9.10. The minimum atomic E-state index is 0.702. The molecule has 18 heavy (non-hydrogen) atoms. The standard InChI is InChI=1S/C14H26BrN3/c1-5-8-12(10-16-6-2)9-13-14(15)11(4)17-18(13)7-3/h12,16H,5-10H2,1-4H3. The van der Waals surface area contributed by atoms with Crippen LogP contribution in [0.15, 0.2) is 4.47 Å². The molecule has 3 nitrogen and oxygen atoms in total. The molecular formula is C14H26BrN3. The molecule has 0 saturated carbocycles. The highest BCUT2D eigenvalue weighted by atomic mass is 79.9. The Morgan fingerprint density at radius 2 is 2.06 bits per heavy atom. The fourth-order valence-electron chi connectivity index (χ4n) is 2.37. The fourth-order valence-corrected chi connectivity index (χ4v) is 2.82. The van der Waals surface area contributed by atoms with E-state index in [2.05, 4.69) is 58.7 Å². The normalized spacial score (nSPS) is 12.9. The van der Waals surface area contributed by atoms with E-state index >= 15 is 0 Å². The fraction of sp³-hybridized carbons (Fsp3) is 0.786. The van der Waals surface area contributed by atoms with Crippen LogP contribution in [0.1, 0.15) is 45.0 Å². The summed E-state index contributed by atoms with van der Waals surface area (Å²) in [6.45, 7) is 11.7. The lowest BCUT2D eigenvalue weighted by atomic mass is 9.97. The summed E-state index contributed by atoms with van der Waals surface area (Å²) in [5, 5.41) is 8.04. The van der Waals surface area contributed by atoms with E-state index in [9.17, 15) is 0 Å². The molecule has 0 aliphatic carbocycles. The molecule has 1 atom stereocenters. The van der Waals surface area contributed by atoms with Gasteiger partial charge in [-0.15, -0.1) is 0 Å². The van der Waals surface area contributed by atoms with Crippen molar-refractivity contribution in [2.24, 2.45) is 5.92 Å². The van der Waals surface area contributed by atoms with Crippen molar-refractivity contribution in [2.45, 2.75) is 53.5 Å². The average Bonchev–Trinajstić information content (AvgIpc) is 2.63. The van der Waals surface area contributed by atoms with Gasteiger partial charge < -0.3 is 5.32 Å². The van der Waals surface area contributed by atoms with Crippen molar-refractivity contribution in [3.63, 3.8) is 0 Å². The number of nitrogens with one attached hydrogen (secondary N) is 1. The predicted molar refractivity (Wildman–Crippen MR) is 81.0 cm³/mol. The molecule has 1 unspecified atom stereocenters. The van der Waals surface area contributed by atoms with E-state index in [0.29, 0.717) is 5.92 Å². The second-order valence-electron chi connectivity index (χ2n) is 4.83. The molecule has 0 amide bonds. The van der Waals surface area contributed by atoms with Gasteiger partial charge in [0.05, 0.1) is 15.9 Å². The highest BCUT2D eigenvalue weighted by Gasteiger charge is 2.16. The van der Waals surface area contributed by atoms with Crippen LogP contribution in [0.3, 0.4) is 0 Å². The second kappa shape index (κ2) is 7.95. The number of halogens is 1. The van der Waals surface area contributed by atoms with Gasteiger partial charge >= 0.3 is 0 Å². The number of hydrogen-bond donors (Lipinski definition) is 1. The zero-order valence-electron chi connectivity index (χ0n) is 12.1. The molecule has 104 valence electrons. The van der Waals surface area contributed by atoms with E-state index in [-0.39, 0.29) is 0 Å². The van der Waals surface area contributed by atoms with Crippen molar-refractivity contribution in [1.82, 2.24) is 15.1 Å². The molecule has 0 fully saturated rings. The van der Waals surface area contributed by atoms with Gasteiger partial charge in [-0.3, -0.25) is 4.68 Å². The Morgan fingerprint density at radius 1 is 1.33 bits per heavy atom. The summed E-state index contributed by atoms with van der Waals surface area (Å²) >= 11 is 3.69. The summed E-state index contributed by atoms with van der Waals surface area (Å²) < 4.78 is 3.33. The first kappa shape index (κ1) is 15.7. The van der Waals surface area contributed by atoms with E-state index in [4.69, 9.17) is 0 Å². The van der Waals surface area contributed by atoms with Gasteiger partial charge in [0.15, 0.2) is 0 Å². The molecular weight excluding hydrogens is 290 g/mol. The minimum absolute atomic E-state index is 0.702. The Labute approximate surface area is 119 Å². The van der Waals surface area contributed by atoms with Gasteiger partial charge in [0, 0.05) is 6.54 Å². The van der Waals surface area contributed by atoms with Crippen LogP contribution >= 0.6 is 15.9 Å². The third-order valence-electron chi connectivity index (χ3n) is 3.31. The Hall–Kier alpha value is -0.350. The topological polar surface area (TPSA) is 29.9 Å². The van der Waals surface area contributed by atoms with Crippen LogP contribution in [0.5, 0.6) is 0 Å². The molecule has 1 heterocycles. The molecule has 1 N–H and O–H groups in total. The average molecular weight is 316 g/mol. The van der Waals surface area contributed by atoms with Crippen LogP contribution in [0.4, 0.5) is 0 Å². The number of rotatable bonds is 8. The van der Waals surface area contributed by atoms with Crippen LogP contribution in [0, 0.1) is 12.8 Å². The number of hydrogen-bond acceptors (Lipinski definition) is 2. The molecule has 1 aromatic heterocycles. The van der Waals surface area contributed by atoms with Gasteiger partial charge in [-0.1, -0.05) is 20.3 Å². The lowest BCUT2D eigenvalue weighted by Gasteiger charge is -2.17. The highest BCUT2D eigenvalue weighted by Crippen LogP contribution is 2.25. The van der Waals surface area contributed by atoms with Crippen molar-refractivity contribution in [1.29, 1.82) is 0 Å². The molecule has 0 bridgehead atoms. The predicted octanol–water partition coefficient (Wildman–Crippen LogP) is 3.54. The zero-order valence-corrected chi connectivity index (χ0v) is 13.7. The SMILES string of the molecule is CCCC(CNCC)Cc1c(Br)c(C)nn1CC. The molecule has 0 aliphatic heterocycles. The lowest BCUT2D eigenvalue weighted by molar-refractivity contribution is 0.428. The molecule has 1 aromatic rings. The van der Waals surface area contributed by atoms with E-state index in [1.807, 2.05) is 0 Å². The third kappa shape index (κ3) is 4.09. The smallest absolute Gasteiger partial charge is 0.0738 e. The number of nitrogens with zero attached hydrogens (tertiary/aromatic N) is 2. The lowest BCUT2D eigenvalue weighted by Crippen LogP contribution is -2.25. The molecule has 1 rings (SSSR count). The zero-order chi connectivity index (χ0) is 13.5. The molecule has 0 aliphatic rings. The van der Waals surface area contributed by atoms with E-state index in [1.54, 1.807) is 0 Å². The third-order valence-corrected chi connectivity index (χ3v) is 4.35. The van der Waals surface area contributed by atoms with Gasteiger partial charge in [0.2, 0.25) is 0 Å². The first-order valence-corrected chi connectivity index (χ1v) is 7.85. The van der Waals surface area contributed by atoms with E-state index in [1.165, 1.54) is 23.0 Å². The Morgan fingerprint density at radius 3 is 2.61 bits per heavy atom. The van der Waals surface area contributed by atoms with Crippen LogP contribution in [-0.4, -0.2) is 22.9 Å². The first-order chi connectivity index (χ1) is 8.63. The number of aromatic nitrogens is 2. The molecule has 0 saturated heterocycles. The van der Waals surface area contributed by atoms with Crippen molar-refractivity contribution < 1.29 is 0 Å². The largest absolute Gasteiger partial charge is 0.317 e. The van der Waals surface area contributed by atoms with Crippen molar-refractivity contribution in [3.8, 4) is 0 Å². The van der Waals surface area contributed by atoms with Gasteiger partial charge in [-0.25, -0.2) is 0 Å². The Balaban J connectivity index is 2.78. The summed E-state index contributed by atoms with van der Waals surface area (Å²) in [7, 11) is 0. The first-order valence-electron chi connectivity index (χ1n) is 7.06. The molecule has 0 spiro atoms. The second-order valence-corrected chi connectivity index (χ2v) is 5.62. The van der Waals surface area contributed by atoms with E-state index < -0.39 is 0 Å². The van der Waals surface area contributed by atoms with Gasteiger partial charge in [-0.2, -0.15) is 5.10 Å². The number of aryl methyl sites for hydroxylation is 2. The van der Waals surface area contributed by atoms with Crippen molar-refractivity contribution in [2.75, 3.05) is 13.1 Å². The summed E-state index contributed by atoms with van der Waals surface area (Å²) in [5.74, 6) is 0.702. The molecule has 0 radical (unpaired) electrons. The summed E-state index contributed by atoms with van der Waals surface area (Å²) in [5.41, 5.74) is 2.46. The summed E-state index contributed by atoms with van der Waals surface area (Å²) in [6.07, 6.45) is 3.62. The maximum Gasteiger partial charge on any atom is 0.0738 e. The molecule has 0 aromatic carbocycles. The Kier molecular flexibility index (Phi) is 6.94. The minimum Gasteiger partial charge on any atom is -0.317 e. The van der Waals surface area contributed by atoms with Crippen LogP contribution in [0.2, 0.25) is 0 Å². The van der Waals surface area contributed by atoms with Crippen LogP contribution in [0.25, 0.3) is 0 Å². The van der Waals surface area contributed by atoms with Crippen LogP contribution in [-0.2, 0) is 13.0 Å². The van der Waals surface area contributed by atoms with Gasteiger partial charge in [-0.05, 0) is 61.6 Å². The van der Waals surface area contributed by atoms with Gasteiger partial charge in [0.1, 0.15) is 0 Å². The molecule has 4 heteroatoms. The van der Waals surface area contributed by atoms with Crippen molar-refractivity contribution in [3.05, 3.63) is 15.9 Å². The van der Waals surface area contributed by atoms with Crippen LogP contribution < -0.4 is 5.32 Å². The maximum absolute atomic E-state index is 4.57. The van der Waals surface area contributed by atoms with E-state index in [0.717, 1.165) is 31.7 Å². The summed E-state index contributed by atoms with van der Waals surface area (Å²) in [6, 6.07) is 0. The maximum atomic E-state index is 4.57. The Bertz CT molecular complexity index is 360. The summed E-state index contributed by atoms with van der Waals surface area (Å²) in [4.78, 5) is 0. The van der Waals surface area contributed by atoms with Gasteiger partial charge in [0.25, 0.3) is 0 Å². The quantitative estimate of drug-likeness (QED) is 0.795. The monoisotopic (exact) mass is 315 g/mol.